The predicted octanol–water partition coefficient (Wildman–Crippen LogP) is 1.64. The van der Waals surface area contributed by atoms with Crippen LogP contribution in [0.5, 0.6) is 5.75 Å². The Labute approximate surface area is 112 Å². The largest absolute Gasteiger partial charge is 0.496 e. The van der Waals surface area contributed by atoms with E-state index in [-0.39, 0.29) is 12.2 Å². The molecule has 5 nitrogen and oxygen atoms in total. The van der Waals surface area contributed by atoms with Gasteiger partial charge in [-0.25, -0.2) is 0 Å². The van der Waals surface area contributed by atoms with Crippen molar-refractivity contribution in [2.45, 2.75) is 26.3 Å². The highest BCUT2D eigenvalue weighted by atomic mass is 16.5. The molecule has 1 atom stereocenters. The lowest BCUT2D eigenvalue weighted by Gasteiger charge is -2.15. The highest BCUT2D eigenvalue weighted by Crippen LogP contribution is 2.19. The number of ketones is 1. The Bertz CT molecular complexity index is 471. The molecule has 1 aromatic rings. The minimum absolute atomic E-state index is 0.213. The molecular weight excluding hydrogens is 246 g/mol. The highest BCUT2D eigenvalue weighted by molar-refractivity contribution is 6.02. The average molecular weight is 265 g/mol. The fourth-order valence-corrected chi connectivity index (χ4v) is 1.91. The molecule has 1 rings (SSSR count). The molecule has 0 heterocycles. The third-order valence-electron chi connectivity index (χ3n) is 2.83. The maximum absolute atomic E-state index is 12.3. The first-order chi connectivity index (χ1) is 8.99. The van der Waals surface area contributed by atoms with Gasteiger partial charge in [0.05, 0.1) is 19.6 Å². The summed E-state index contributed by atoms with van der Waals surface area (Å²) in [6.07, 6.45) is -0.224. The van der Waals surface area contributed by atoms with Crippen LogP contribution in [0.25, 0.3) is 0 Å². The third-order valence-corrected chi connectivity index (χ3v) is 2.83. The molecule has 0 aliphatic rings. The van der Waals surface area contributed by atoms with Gasteiger partial charge in [0.1, 0.15) is 5.75 Å². The summed E-state index contributed by atoms with van der Waals surface area (Å²) in [5.41, 5.74) is 1.34. The first-order valence-corrected chi connectivity index (χ1v) is 6.13. The van der Waals surface area contributed by atoms with Gasteiger partial charge in [0, 0.05) is 5.56 Å². The number of methoxy groups -OCH3 is 1. The lowest BCUT2D eigenvalue weighted by Crippen LogP contribution is -2.38. The van der Waals surface area contributed by atoms with Crippen molar-refractivity contribution in [3.05, 3.63) is 29.3 Å². The van der Waals surface area contributed by atoms with Crippen molar-refractivity contribution in [1.29, 1.82) is 0 Å². The van der Waals surface area contributed by atoms with Gasteiger partial charge in [-0.05, 0) is 37.2 Å². The molecule has 0 spiro atoms. The fourth-order valence-electron chi connectivity index (χ4n) is 1.91. The molecule has 0 amide bonds. The normalized spacial score (nSPS) is 11.9. The zero-order chi connectivity index (χ0) is 14.4. The number of nitrogens with one attached hydrogen (secondary N) is 1. The molecule has 19 heavy (non-hydrogen) atoms. The summed E-state index contributed by atoms with van der Waals surface area (Å²) in [6, 6.07) is 4.38. The Morgan fingerprint density at radius 1 is 1.42 bits per heavy atom. The lowest BCUT2D eigenvalue weighted by atomic mass is 9.99. The number of aryl methyl sites for hydroxylation is 1. The van der Waals surface area contributed by atoms with E-state index in [1.54, 1.807) is 25.3 Å². The first kappa shape index (κ1) is 15.2. The molecule has 104 valence electrons. The molecule has 5 heteroatoms. The van der Waals surface area contributed by atoms with Crippen LogP contribution in [-0.4, -0.2) is 36.6 Å². The van der Waals surface area contributed by atoms with Gasteiger partial charge in [-0.15, -0.1) is 0 Å². The van der Waals surface area contributed by atoms with E-state index in [0.29, 0.717) is 17.9 Å². The summed E-state index contributed by atoms with van der Waals surface area (Å²) in [6.45, 7) is 4.22. The van der Waals surface area contributed by atoms with Crippen LogP contribution in [0.4, 0.5) is 0 Å². The number of likely N-dealkylation sites (N-methyl/N-ethyl adjacent to an activating group) is 1. The number of carbonyl (C=O) groups excluding carboxylic acids is 1. The Morgan fingerprint density at radius 2 is 2.11 bits per heavy atom. The van der Waals surface area contributed by atoms with E-state index < -0.39 is 12.0 Å². The van der Waals surface area contributed by atoms with Gasteiger partial charge in [-0.3, -0.25) is 9.59 Å². The molecule has 0 aromatic heterocycles. The van der Waals surface area contributed by atoms with E-state index in [1.807, 2.05) is 13.8 Å². The third kappa shape index (κ3) is 4.06. The molecule has 0 radical (unpaired) electrons. The Morgan fingerprint density at radius 3 is 2.58 bits per heavy atom. The molecule has 1 aromatic carbocycles. The quantitative estimate of drug-likeness (QED) is 0.733. The van der Waals surface area contributed by atoms with Gasteiger partial charge in [-0.2, -0.15) is 0 Å². The second-order valence-electron chi connectivity index (χ2n) is 4.26. The molecule has 0 saturated carbocycles. The van der Waals surface area contributed by atoms with E-state index in [4.69, 9.17) is 9.84 Å². The van der Waals surface area contributed by atoms with Gasteiger partial charge in [0.2, 0.25) is 0 Å². The number of carboxylic acid groups (broad SMARTS) is 1. The predicted molar refractivity (Wildman–Crippen MR) is 71.8 cm³/mol. The SMILES string of the molecule is CCNC(CC(=O)O)C(=O)c1ccc(OC)c(C)c1. The Balaban J connectivity index is 2.95. The first-order valence-electron chi connectivity index (χ1n) is 6.13. The average Bonchev–Trinajstić information content (AvgIpc) is 2.36. The van der Waals surface area contributed by atoms with Crippen LogP contribution < -0.4 is 10.1 Å². The number of carbonyl (C=O) groups is 2. The maximum atomic E-state index is 12.3. The second-order valence-corrected chi connectivity index (χ2v) is 4.26. The van der Waals surface area contributed by atoms with Gasteiger partial charge in [-0.1, -0.05) is 6.92 Å². The molecular formula is C14H19NO4. The summed E-state index contributed by atoms with van der Waals surface area (Å²) in [4.78, 5) is 23.0. The van der Waals surface area contributed by atoms with E-state index in [0.717, 1.165) is 5.56 Å². The van der Waals surface area contributed by atoms with E-state index in [2.05, 4.69) is 5.32 Å². The number of carboxylic acids is 1. The van der Waals surface area contributed by atoms with Gasteiger partial charge >= 0.3 is 5.97 Å². The minimum atomic E-state index is -0.996. The molecule has 0 fully saturated rings. The molecule has 0 saturated heterocycles. The number of hydrogen-bond donors (Lipinski definition) is 2. The minimum Gasteiger partial charge on any atom is -0.496 e. The lowest BCUT2D eigenvalue weighted by molar-refractivity contribution is -0.137. The smallest absolute Gasteiger partial charge is 0.305 e. The standard InChI is InChI=1S/C14H19NO4/c1-4-15-11(8-13(16)17)14(18)10-5-6-12(19-3)9(2)7-10/h5-7,11,15H,4,8H2,1-3H3,(H,16,17). The molecule has 2 N–H and O–H groups in total. The Hall–Kier alpha value is -1.88. The monoisotopic (exact) mass is 265 g/mol. The van der Waals surface area contributed by atoms with Crippen molar-refractivity contribution < 1.29 is 19.4 Å². The number of aliphatic carboxylic acids is 1. The van der Waals surface area contributed by atoms with Crippen LogP contribution in [0, 0.1) is 6.92 Å². The van der Waals surface area contributed by atoms with Crippen LogP contribution in [-0.2, 0) is 4.79 Å². The van der Waals surface area contributed by atoms with E-state index >= 15 is 0 Å². The van der Waals surface area contributed by atoms with Crippen molar-refractivity contribution in [3.63, 3.8) is 0 Å². The second kappa shape index (κ2) is 6.89. The summed E-state index contributed by atoms with van der Waals surface area (Å²) in [7, 11) is 1.57. The number of Topliss-reactive ketones (excluding diaryl/α,β-unsaturated/α-hetero) is 1. The van der Waals surface area contributed by atoms with Gasteiger partial charge in [0.15, 0.2) is 5.78 Å². The van der Waals surface area contributed by atoms with Crippen LogP contribution >= 0.6 is 0 Å². The highest BCUT2D eigenvalue weighted by Gasteiger charge is 2.22. The van der Waals surface area contributed by atoms with Crippen LogP contribution in [0.2, 0.25) is 0 Å². The van der Waals surface area contributed by atoms with Crippen molar-refractivity contribution in [1.82, 2.24) is 5.32 Å². The fraction of sp³-hybridized carbons (Fsp3) is 0.429. The van der Waals surface area contributed by atoms with Crippen LogP contribution in [0.15, 0.2) is 18.2 Å². The Kier molecular flexibility index (Phi) is 5.51. The van der Waals surface area contributed by atoms with E-state index in [9.17, 15) is 9.59 Å². The summed E-state index contributed by atoms with van der Waals surface area (Å²) < 4.78 is 5.13. The summed E-state index contributed by atoms with van der Waals surface area (Å²) in [5.74, 6) is -0.505. The molecule has 1 unspecified atom stereocenters. The zero-order valence-corrected chi connectivity index (χ0v) is 11.4. The number of rotatable bonds is 7. The zero-order valence-electron chi connectivity index (χ0n) is 11.4. The topological polar surface area (TPSA) is 75.6 Å². The van der Waals surface area contributed by atoms with Crippen LogP contribution in [0.3, 0.4) is 0 Å². The van der Waals surface area contributed by atoms with Gasteiger partial charge < -0.3 is 15.2 Å². The number of benzene rings is 1. The van der Waals surface area contributed by atoms with Crippen molar-refractivity contribution in [2.75, 3.05) is 13.7 Å². The summed E-state index contributed by atoms with van der Waals surface area (Å²) in [5, 5.41) is 11.7. The molecule has 0 bridgehead atoms. The van der Waals surface area contributed by atoms with Crippen LogP contribution in [0.1, 0.15) is 29.3 Å². The summed E-state index contributed by atoms with van der Waals surface area (Å²) >= 11 is 0. The van der Waals surface area contributed by atoms with Crippen molar-refractivity contribution >= 4 is 11.8 Å². The number of ether oxygens (including phenoxy) is 1. The molecule has 0 aliphatic heterocycles. The molecule has 0 aliphatic carbocycles. The van der Waals surface area contributed by atoms with Gasteiger partial charge in [0.25, 0.3) is 0 Å². The van der Waals surface area contributed by atoms with Crippen molar-refractivity contribution in [2.24, 2.45) is 0 Å². The van der Waals surface area contributed by atoms with E-state index in [1.165, 1.54) is 0 Å². The maximum Gasteiger partial charge on any atom is 0.305 e. The number of hydrogen-bond acceptors (Lipinski definition) is 4. The van der Waals surface area contributed by atoms with Crippen molar-refractivity contribution in [3.8, 4) is 5.75 Å².